The van der Waals surface area contributed by atoms with Crippen LogP contribution in [0.3, 0.4) is 0 Å². The van der Waals surface area contributed by atoms with Gasteiger partial charge in [0, 0.05) is 11.1 Å². The molecule has 0 amide bonds. The summed E-state index contributed by atoms with van der Waals surface area (Å²) in [5, 5.41) is 8.74. The fraction of sp³-hybridized carbons (Fsp3) is 0.250. The van der Waals surface area contributed by atoms with Gasteiger partial charge in [0.05, 0.1) is 20.1 Å². The molecule has 4 nitrogen and oxygen atoms in total. The van der Waals surface area contributed by atoms with Crippen LogP contribution in [0.25, 0.3) is 0 Å². The Labute approximate surface area is 94.0 Å². The van der Waals surface area contributed by atoms with Crippen molar-refractivity contribution in [1.82, 2.24) is 0 Å². The number of benzene rings is 1. The molecular formula is C12H13NO3. The number of carboxylic acid groups (broad SMARTS) is 1. The van der Waals surface area contributed by atoms with Crippen molar-refractivity contribution in [3.8, 4) is 17.6 Å². The normalized spacial score (nSPS) is 9.12. The lowest BCUT2D eigenvalue weighted by atomic mass is 10.1. The fourth-order valence-electron chi connectivity index (χ4n) is 1.31. The van der Waals surface area contributed by atoms with Crippen LogP contribution in [0.15, 0.2) is 18.2 Å². The van der Waals surface area contributed by atoms with Crippen molar-refractivity contribution in [2.24, 2.45) is 5.73 Å². The zero-order valence-electron chi connectivity index (χ0n) is 8.99. The Hall–Kier alpha value is -1.99. The van der Waals surface area contributed by atoms with Gasteiger partial charge in [-0.1, -0.05) is 11.8 Å². The van der Waals surface area contributed by atoms with E-state index in [1.165, 1.54) is 7.11 Å². The second-order valence-corrected chi connectivity index (χ2v) is 3.10. The molecule has 16 heavy (non-hydrogen) atoms. The lowest BCUT2D eigenvalue weighted by Crippen LogP contribution is -2.02. The van der Waals surface area contributed by atoms with Crippen LogP contribution < -0.4 is 10.5 Å². The molecule has 0 radical (unpaired) electrons. The Morgan fingerprint density at radius 2 is 2.31 bits per heavy atom. The van der Waals surface area contributed by atoms with E-state index in [1.54, 1.807) is 18.2 Å². The van der Waals surface area contributed by atoms with Gasteiger partial charge in [-0.25, -0.2) is 0 Å². The number of nitrogens with two attached hydrogens (primary N) is 1. The van der Waals surface area contributed by atoms with Crippen LogP contribution in [0.4, 0.5) is 0 Å². The fourth-order valence-corrected chi connectivity index (χ4v) is 1.31. The van der Waals surface area contributed by atoms with Crippen LogP contribution in [0.5, 0.6) is 5.75 Å². The van der Waals surface area contributed by atoms with Crippen LogP contribution in [0.2, 0.25) is 0 Å². The molecule has 1 rings (SSSR count). The molecule has 0 unspecified atom stereocenters. The molecule has 0 saturated carbocycles. The predicted molar refractivity (Wildman–Crippen MR) is 60.3 cm³/mol. The third kappa shape index (κ3) is 3.30. The minimum absolute atomic E-state index is 0.0820. The highest BCUT2D eigenvalue weighted by Crippen LogP contribution is 2.20. The van der Waals surface area contributed by atoms with E-state index in [2.05, 4.69) is 11.8 Å². The molecule has 3 N–H and O–H groups in total. The first kappa shape index (κ1) is 12.1. The number of ether oxygens (including phenoxy) is 1. The molecule has 0 aliphatic carbocycles. The summed E-state index contributed by atoms with van der Waals surface area (Å²) >= 11 is 0. The number of carboxylic acids is 1. The van der Waals surface area contributed by atoms with Gasteiger partial charge in [0.15, 0.2) is 0 Å². The molecule has 1 aromatic rings. The standard InChI is InChI=1S/C12H13NO3/c1-16-11-5-4-9(3-2-6-13)7-10(11)8-12(14)15/h4-5,7H,6,8,13H2,1H3,(H,14,15). The number of hydrogen-bond acceptors (Lipinski definition) is 3. The summed E-state index contributed by atoms with van der Waals surface area (Å²) in [7, 11) is 1.51. The third-order valence-corrected chi connectivity index (χ3v) is 1.96. The predicted octanol–water partition coefficient (Wildman–Crippen LogP) is 0.632. The van der Waals surface area contributed by atoms with Gasteiger partial charge in [-0.15, -0.1) is 0 Å². The molecular weight excluding hydrogens is 206 g/mol. The Balaban J connectivity index is 3.05. The number of carbonyl (C=O) groups is 1. The van der Waals surface area contributed by atoms with E-state index in [4.69, 9.17) is 15.6 Å². The number of methoxy groups -OCH3 is 1. The molecule has 0 bridgehead atoms. The number of aliphatic carboxylic acids is 1. The number of hydrogen-bond donors (Lipinski definition) is 2. The summed E-state index contributed by atoms with van der Waals surface area (Å²) in [5.74, 6) is 5.21. The van der Waals surface area contributed by atoms with E-state index in [0.717, 1.165) is 5.56 Å². The van der Waals surface area contributed by atoms with Crippen LogP contribution in [-0.2, 0) is 11.2 Å². The molecule has 0 heterocycles. The molecule has 0 aliphatic rings. The summed E-state index contributed by atoms with van der Waals surface area (Å²) in [5.41, 5.74) is 6.61. The van der Waals surface area contributed by atoms with Crippen molar-refractivity contribution < 1.29 is 14.6 Å². The van der Waals surface area contributed by atoms with Crippen LogP contribution in [-0.4, -0.2) is 24.7 Å². The van der Waals surface area contributed by atoms with Gasteiger partial charge in [0.2, 0.25) is 0 Å². The summed E-state index contributed by atoms with van der Waals surface area (Å²) in [4.78, 5) is 10.7. The first-order valence-electron chi connectivity index (χ1n) is 4.75. The second kappa shape index (κ2) is 5.79. The molecule has 1 aromatic carbocycles. The lowest BCUT2D eigenvalue weighted by Gasteiger charge is -2.06. The maximum Gasteiger partial charge on any atom is 0.307 e. The minimum Gasteiger partial charge on any atom is -0.496 e. The van der Waals surface area contributed by atoms with Gasteiger partial charge in [-0.05, 0) is 18.2 Å². The zero-order chi connectivity index (χ0) is 12.0. The topological polar surface area (TPSA) is 72.5 Å². The van der Waals surface area contributed by atoms with E-state index in [0.29, 0.717) is 11.3 Å². The van der Waals surface area contributed by atoms with E-state index < -0.39 is 5.97 Å². The molecule has 0 saturated heterocycles. The van der Waals surface area contributed by atoms with Gasteiger partial charge in [-0.2, -0.15) is 0 Å². The second-order valence-electron chi connectivity index (χ2n) is 3.10. The van der Waals surface area contributed by atoms with Crippen molar-refractivity contribution in [3.63, 3.8) is 0 Å². The lowest BCUT2D eigenvalue weighted by molar-refractivity contribution is -0.136. The molecule has 0 atom stereocenters. The number of rotatable bonds is 3. The quantitative estimate of drug-likeness (QED) is 0.731. The molecule has 84 valence electrons. The summed E-state index contributed by atoms with van der Waals surface area (Å²) in [6, 6.07) is 5.18. The Kier molecular flexibility index (Phi) is 4.37. The molecule has 0 aliphatic heterocycles. The van der Waals surface area contributed by atoms with Crippen molar-refractivity contribution >= 4 is 5.97 Å². The Bertz CT molecular complexity index is 443. The monoisotopic (exact) mass is 219 g/mol. The van der Waals surface area contributed by atoms with E-state index in [9.17, 15) is 4.79 Å². The van der Waals surface area contributed by atoms with Gasteiger partial charge < -0.3 is 15.6 Å². The Morgan fingerprint density at radius 3 is 2.88 bits per heavy atom. The van der Waals surface area contributed by atoms with Crippen molar-refractivity contribution in [2.75, 3.05) is 13.7 Å². The van der Waals surface area contributed by atoms with Gasteiger partial charge >= 0.3 is 5.97 Å². The van der Waals surface area contributed by atoms with E-state index in [1.807, 2.05) is 0 Å². The van der Waals surface area contributed by atoms with Crippen molar-refractivity contribution in [2.45, 2.75) is 6.42 Å². The molecule has 0 aromatic heterocycles. The van der Waals surface area contributed by atoms with Crippen molar-refractivity contribution in [3.05, 3.63) is 29.3 Å². The van der Waals surface area contributed by atoms with Crippen molar-refractivity contribution in [1.29, 1.82) is 0 Å². The van der Waals surface area contributed by atoms with Gasteiger partial charge in [0.25, 0.3) is 0 Å². The van der Waals surface area contributed by atoms with Crippen LogP contribution in [0, 0.1) is 11.8 Å². The largest absolute Gasteiger partial charge is 0.496 e. The average molecular weight is 219 g/mol. The SMILES string of the molecule is COc1ccc(C#CCN)cc1CC(=O)O. The highest BCUT2D eigenvalue weighted by molar-refractivity contribution is 5.71. The summed E-state index contributed by atoms with van der Waals surface area (Å²) in [6.45, 7) is 0.278. The minimum atomic E-state index is -0.901. The van der Waals surface area contributed by atoms with Crippen LogP contribution >= 0.6 is 0 Å². The molecule has 0 fully saturated rings. The van der Waals surface area contributed by atoms with E-state index >= 15 is 0 Å². The highest BCUT2D eigenvalue weighted by Gasteiger charge is 2.07. The maximum atomic E-state index is 10.7. The third-order valence-electron chi connectivity index (χ3n) is 1.96. The van der Waals surface area contributed by atoms with E-state index in [-0.39, 0.29) is 13.0 Å². The van der Waals surface area contributed by atoms with Gasteiger partial charge in [0.1, 0.15) is 5.75 Å². The maximum absolute atomic E-state index is 10.7. The summed E-state index contributed by atoms with van der Waals surface area (Å²) in [6.07, 6.45) is -0.0820. The first-order valence-corrected chi connectivity index (χ1v) is 4.75. The molecule has 4 heteroatoms. The smallest absolute Gasteiger partial charge is 0.307 e. The van der Waals surface area contributed by atoms with Gasteiger partial charge in [-0.3, -0.25) is 4.79 Å². The highest BCUT2D eigenvalue weighted by atomic mass is 16.5. The first-order chi connectivity index (χ1) is 7.67. The average Bonchev–Trinajstić information content (AvgIpc) is 2.26. The zero-order valence-corrected chi connectivity index (χ0v) is 8.99. The summed E-state index contributed by atoms with van der Waals surface area (Å²) < 4.78 is 5.07. The molecule has 0 spiro atoms. The Morgan fingerprint density at radius 1 is 1.56 bits per heavy atom. The van der Waals surface area contributed by atoms with Crippen LogP contribution in [0.1, 0.15) is 11.1 Å².